The highest BCUT2D eigenvalue weighted by molar-refractivity contribution is 7.91. The van der Waals surface area contributed by atoms with Gasteiger partial charge in [-0.05, 0) is 60.7 Å². The van der Waals surface area contributed by atoms with E-state index in [0.717, 1.165) is 36.5 Å². The molecule has 5 nitrogen and oxygen atoms in total. The standard InChI is InChI=1S/C19H20FNO4S/c1-25-19(22)21-12-14-5-2-4-13-10-17(8-9-18(13)14)26(23,24)16-7-3-6-15(20)11-16/h3,6-11,14H,2,4-5,12H2,1H3,(H,21,22). The number of methoxy groups -OCH3 is 1. The first-order valence-electron chi connectivity index (χ1n) is 8.37. The topological polar surface area (TPSA) is 72.5 Å². The Morgan fingerprint density at radius 3 is 2.73 bits per heavy atom. The number of ether oxygens (including phenoxy) is 1. The molecule has 0 saturated heterocycles. The van der Waals surface area contributed by atoms with Crippen molar-refractivity contribution in [2.45, 2.75) is 35.0 Å². The average Bonchev–Trinajstić information content (AvgIpc) is 2.65. The first kappa shape index (κ1) is 18.4. The van der Waals surface area contributed by atoms with Crippen molar-refractivity contribution in [1.82, 2.24) is 5.32 Å². The fourth-order valence-electron chi connectivity index (χ4n) is 3.32. The number of amides is 1. The van der Waals surface area contributed by atoms with Crippen molar-refractivity contribution in [3.8, 4) is 0 Å². The molecule has 1 amide bonds. The monoisotopic (exact) mass is 377 g/mol. The first-order valence-corrected chi connectivity index (χ1v) is 9.85. The maximum absolute atomic E-state index is 13.4. The van der Waals surface area contributed by atoms with Gasteiger partial charge in [-0.2, -0.15) is 0 Å². The zero-order valence-electron chi connectivity index (χ0n) is 14.4. The molecule has 0 spiro atoms. The van der Waals surface area contributed by atoms with E-state index in [-0.39, 0.29) is 15.7 Å². The summed E-state index contributed by atoms with van der Waals surface area (Å²) in [5.41, 5.74) is 1.98. The first-order chi connectivity index (χ1) is 12.4. The molecule has 0 bridgehead atoms. The molecule has 0 aromatic heterocycles. The summed E-state index contributed by atoms with van der Waals surface area (Å²) >= 11 is 0. The fraction of sp³-hybridized carbons (Fsp3) is 0.316. The van der Waals surface area contributed by atoms with Crippen LogP contribution in [0.2, 0.25) is 0 Å². The Morgan fingerprint density at radius 2 is 2.00 bits per heavy atom. The summed E-state index contributed by atoms with van der Waals surface area (Å²) in [6.07, 6.45) is 2.11. The van der Waals surface area contributed by atoms with E-state index < -0.39 is 21.7 Å². The summed E-state index contributed by atoms with van der Waals surface area (Å²) in [4.78, 5) is 11.4. The molecule has 26 heavy (non-hydrogen) atoms. The lowest BCUT2D eigenvalue weighted by Gasteiger charge is -2.26. The molecule has 1 aliphatic carbocycles. The van der Waals surface area contributed by atoms with E-state index in [2.05, 4.69) is 10.1 Å². The predicted molar refractivity (Wildman–Crippen MR) is 94.4 cm³/mol. The molecule has 0 aliphatic heterocycles. The average molecular weight is 377 g/mol. The summed E-state index contributed by atoms with van der Waals surface area (Å²) < 4.78 is 43.5. The van der Waals surface area contributed by atoms with Crippen molar-refractivity contribution in [1.29, 1.82) is 0 Å². The van der Waals surface area contributed by atoms with Crippen LogP contribution >= 0.6 is 0 Å². The molecule has 1 aliphatic rings. The summed E-state index contributed by atoms with van der Waals surface area (Å²) in [5, 5.41) is 2.70. The van der Waals surface area contributed by atoms with Gasteiger partial charge in [-0.3, -0.25) is 0 Å². The zero-order chi connectivity index (χ0) is 18.7. The van der Waals surface area contributed by atoms with Crippen LogP contribution in [0.4, 0.5) is 9.18 Å². The summed E-state index contributed by atoms with van der Waals surface area (Å²) in [6.45, 7) is 0.440. The lowest BCUT2D eigenvalue weighted by Crippen LogP contribution is -2.29. The van der Waals surface area contributed by atoms with Gasteiger partial charge in [0.15, 0.2) is 0 Å². The Hall–Kier alpha value is -2.41. The quantitative estimate of drug-likeness (QED) is 0.886. The number of carbonyl (C=O) groups excluding carboxylic acids is 1. The number of halogens is 1. The molecule has 0 heterocycles. The Kier molecular flexibility index (Phi) is 5.27. The minimum Gasteiger partial charge on any atom is -0.453 e. The molecular weight excluding hydrogens is 357 g/mol. The lowest BCUT2D eigenvalue weighted by molar-refractivity contribution is 0.170. The molecule has 1 unspecified atom stereocenters. The van der Waals surface area contributed by atoms with Crippen molar-refractivity contribution in [3.63, 3.8) is 0 Å². The van der Waals surface area contributed by atoms with Crippen molar-refractivity contribution < 1.29 is 22.3 Å². The van der Waals surface area contributed by atoms with E-state index >= 15 is 0 Å². The highest BCUT2D eigenvalue weighted by Gasteiger charge is 2.24. The van der Waals surface area contributed by atoms with Crippen LogP contribution in [0.1, 0.15) is 29.9 Å². The number of aryl methyl sites for hydroxylation is 1. The second-order valence-electron chi connectivity index (χ2n) is 6.28. The van der Waals surface area contributed by atoms with Crippen LogP contribution in [0.15, 0.2) is 52.3 Å². The van der Waals surface area contributed by atoms with Crippen LogP contribution in [0.3, 0.4) is 0 Å². The number of carbonyl (C=O) groups is 1. The molecule has 3 rings (SSSR count). The maximum atomic E-state index is 13.4. The van der Waals surface area contributed by atoms with Gasteiger partial charge >= 0.3 is 6.09 Å². The molecule has 0 fully saturated rings. The van der Waals surface area contributed by atoms with Gasteiger partial charge in [0, 0.05) is 12.5 Å². The van der Waals surface area contributed by atoms with Gasteiger partial charge in [-0.25, -0.2) is 17.6 Å². The largest absolute Gasteiger partial charge is 0.453 e. The molecule has 2 aromatic carbocycles. The van der Waals surface area contributed by atoms with Gasteiger partial charge in [0.05, 0.1) is 16.9 Å². The van der Waals surface area contributed by atoms with Gasteiger partial charge in [0.25, 0.3) is 0 Å². The number of rotatable bonds is 4. The SMILES string of the molecule is COC(=O)NCC1CCCc2cc(S(=O)(=O)c3cccc(F)c3)ccc21. The Labute approximate surface area is 152 Å². The normalized spacial score (nSPS) is 16.6. The molecule has 1 atom stereocenters. The van der Waals surface area contributed by atoms with E-state index in [1.165, 1.54) is 25.3 Å². The molecule has 7 heteroatoms. The fourth-order valence-corrected chi connectivity index (χ4v) is 4.66. The minimum absolute atomic E-state index is 0.0582. The van der Waals surface area contributed by atoms with Gasteiger partial charge in [0.1, 0.15) is 5.82 Å². The third-order valence-electron chi connectivity index (χ3n) is 4.65. The highest BCUT2D eigenvalue weighted by Crippen LogP contribution is 2.34. The van der Waals surface area contributed by atoms with Gasteiger partial charge in [-0.1, -0.05) is 12.1 Å². The maximum Gasteiger partial charge on any atom is 0.406 e. The lowest BCUT2D eigenvalue weighted by atomic mass is 9.83. The summed E-state index contributed by atoms with van der Waals surface area (Å²) in [6, 6.07) is 10.0. The third kappa shape index (κ3) is 3.72. The third-order valence-corrected chi connectivity index (χ3v) is 6.40. The van der Waals surface area contributed by atoms with Crippen molar-refractivity contribution >= 4 is 15.9 Å². The Morgan fingerprint density at radius 1 is 1.23 bits per heavy atom. The number of nitrogens with one attached hydrogen (secondary N) is 1. The van der Waals surface area contributed by atoms with Crippen molar-refractivity contribution in [3.05, 3.63) is 59.4 Å². The Balaban J connectivity index is 1.90. The molecule has 138 valence electrons. The smallest absolute Gasteiger partial charge is 0.406 e. The number of fused-ring (bicyclic) bond motifs is 1. The van der Waals surface area contributed by atoms with Crippen LogP contribution in [0.25, 0.3) is 0 Å². The molecule has 2 aromatic rings. The van der Waals surface area contributed by atoms with Gasteiger partial charge < -0.3 is 10.1 Å². The van der Waals surface area contributed by atoms with Gasteiger partial charge in [-0.15, -0.1) is 0 Å². The van der Waals surface area contributed by atoms with Gasteiger partial charge in [0.2, 0.25) is 9.84 Å². The molecule has 0 saturated carbocycles. The summed E-state index contributed by atoms with van der Waals surface area (Å²) in [5.74, 6) is -0.471. The van der Waals surface area contributed by atoms with Crippen LogP contribution in [0.5, 0.6) is 0 Å². The van der Waals surface area contributed by atoms with E-state index in [1.807, 2.05) is 0 Å². The predicted octanol–water partition coefficient (Wildman–Crippen LogP) is 3.43. The second kappa shape index (κ2) is 7.45. The zero-order valence-corrected chi connectivity index (χ0v) is 15.2. The number of hydrogen-bond acceptors (Lipinski definition) is 4. The molecule has 0 radical (unpaired) electrons. The number of hydrogen-bond donors (Lipinski definition) is 1. The summed E-state index contributed by atoms with van der Waals surface area (Å²) in [7, 11) is -2.46. The van der Waals surface area contributed by atoms with Crippen LogP contribution < -0.4 is 5.32 Å². The number of alkyl carbamates (subject to hydrolysis) is 1. The highest BCUT2D eigenvalue weighted by atomic mass is 32.2. The van der Waals surface area contributed by atoms with Crippen LogP contribution in [-0.2, 0) is 21.0 Å². The van der Waals surface area contributed by atoms with Crippen molar-refractivity contribution in [2.75, 3.05) is 13.7 Å². The number of sulfone groups is 1. The van der Waals surface area contributed by atoms with E-state index in [1.54, 1.807) is 18.2 Å². The Bertz CT molecular complexity index is 927. The van der Waals surface area contributed by atoms with Crippen LogP contribution in [0, 0.1) is 5.82 Å². The van der Waals surface area contributed by atoms with E-state index in [4.69, 9.17) is 0 Å². The van der Waals surface area contributed by atoms with E-state index in [0.29, 0.717) is 6.54 Å². The van der Waals surface area contributed by atoms with Crippen molar-refractivity contribution in [2.24, 2.45) is 0 Å². The second-order valence-corrected chi connectivity index (χ2v) is 8.23. The number of benzene rings is 2. The minimum atomic E-state index is -3.77. The molecule has 1 N–H and O–H groups in total. The van der Waals surface area contributed by atoms with Crippen LogP contribution in [-0.4, -0.2) is 28.2 Å². The molecular formula is C19H20FNO4S. The van der Waals surface area contributed by atoms with E-state index in [9.17, 15) is 17.6 Å².